The molecule has 1 heterocycles. The van der Waals surface area contributed by atoms with Crippen LogP contribution >= 0.6 is 11.6 Å². The van der Waals surface area contributed by atoms with Crippen LogP contribution in [0.3, 0.4) is 0 Å². The van der Waals surface area contributed by atoms with E-state index < -0.39 is 5.82 Å². The lowest BCUT2D eigenvalue weighted by molar-refractivity contribution is 0.426. The fourth-order valence-corrected chi connectivity index (χ4v) is 1.58. The normalized spacial score (nSPS) is 10.3. The number of hydrogen-bond donors (Lipinski definition) is 1. The van der Waals surface area contributed by atoms with E-state index in [1.54, 1.807) is 12.3 Å². The summed E-state index contributed by atoms with van der Waals surface area (Å²) >= 11 is 5.68. The molecule has 1 aromatic carbocycles. The Morgan fingerprint density at radius 2 is 2.21 bits per heavy atom. The standard InChI is InChI=1S/C13H13ClFN3O/c1-2-6-17-11-7-16-8-12(18-11)19-10-5-3-4-9(14)13(10)15/h3-5,7-8H,2,6H2,1H3,(H,17,18). The Balaban J connectivity index is 2.16. The molecule has 19 heavy (non-hydrogen) atoms. The Bertz CT molecular complexity index is 565. The first-order valence-electron chi connectivity index (χ1n) is 5.88. The number of nitrogens with zero attached hydrogens (tertiary/aromatic N) is 2. The van der Waals surface area contributed by atoms with Crippen molar-refractivity contribution in [3.8, 4) is 11.6 Å². The summed E-state index contributed by atoms with van der Waals surface area (Å²) in [5.74, 6) is 0.205. The molecular formula is C13H13ClFN3O. The van der Waals surface area contributed by atoms with E-state index in [0.29, 0.717) is 5.82 Å². The van der Waals surface area contributed by atoms with Crippen molar-refractivity contribution in [3.05, 3.63) is 41.4 Å². The van der Waals surface area contributed by atoms with Gasteiger partial charge in [-0.1, -0.05) is 24.6 Å². The van der Waals surface area contributed by atoms with E-state index in [2.05, 4.69) is 15.3 Å². The molecule has 0 amide bonds. The van der Waals surface area contributed by atoms with E-state index in [9.17, 15) is 4.39 Å². The zero-order valence-electron chi connectivity index (χ0n) is 10.4. The van der Waals surface area contributed by atoms with Gasteiger partial charge in [-0.15, -0.1) is 0 Å². The molecule has 0 aliphatic carbocycles. The monoisotopic (exact) mass is 281 g/mol. The number of aromatic nitrogens is 2. The molecule has 0 aliphatic heterocycles. The van der Waals surface area contributed by atoms with Gasteiger partial charge in [0.05, 0.1) is 17.4 Å². The minimum absolute atomic E-state index is 0.00530. The SMILES string of the molecule is CCCNc1cncc(Oc2cccc(Cl)c2F)n1. The Morgan fingerprint density at radius 1 is 1.37 bits per heavy atom. The Hall–Kier alpha value is -1.88. The maximum Gasteiger partial charge on any atom is 0.239 e. The van der Waals surface area contributed by atoms with Gasteiger partial charge in [-0.2, -0.15) is 4.98 Å². The van der Waals surface area contributed by atoms with Crippen molar-refractivity contribution < 1.29 is 9.13 Å². The zero-order valence-corrected chi connectivity index (χ0v) is 11.1. The van der Waals surface area contributed by atoms with Gasteiger partial charge in [0.15, 0.2) is 11.6 Å². The van der Waals surface area contributed by atoms with Crippen LogP contribution in [-0.2, 0) is 0 Å². The lowest BCUT2D eigenvalue weighted by atomic mass is 10.3. The van der Waals surface area contributed by atoms with Gasteiger partial charge >= 0.3 is 0 Å². The topological polar surface area (TPSA) is 47.0 Å². The van der Waals surface area contributed by atoms with E-state index in [1.165, 1.54) is 18.3 Å². The van der Waals surface area contributed by atoms with Gasteiger partial charge in [-0.3, -0.25) is 4.98 Å². The lowest BCUT2D eigenvalue weighted by Crippen LogP contribution is -2.03. The summed E-state index contributed by atoms with van der Waals surface area (Å²) in [7, 11) is 0. The summed E-state index contributed by atoms with van der Waals surface area (Å²) in [5.41, 5.74) is 0. The highest BCUT2D eigenvalue weighted by Gasteiger charge is 2.09. The maximum absolute atomic E-state index is 13.7. The van der Waals surface area contributed by atoms with Crippen LogP contribution in [0, 0.1) is 5.82 Å². The van der Waals surface area contributed by atoms with Crippen molar-refractivity contribution in [1.82, 2.24) is 9.97 Å². The highest BCUT2D eigenvalue weighted by atomic mass is 35.5. The summed E-state index contributed by atoms with van der Waals surface area (Å²) in [4.78, 5) is 8.15. The van der Waals surface area contributed by atoms with Crippen LogP contribution in [0.25, 0.3) is 0 Å². The first-order valence-corrected chi connectivity index (χ1v) is 6.26. The Labute approximate surface area is 115 Å². The zero-order chi connectivity index (χ0) is 13.7. The predicted octanol–water partition coefficient (Wildman–Crippen LogP) is 3.88. The third-order valence-electron chi connectivity index (χ3n) is 2.30. The summed E-state index contributed by atoms with van der Waals surface area (Å²) in [5, 5.41) is 3.08. The van der Waals surface area contributed by atoms with Crippen molar-refractivity contribution in [2.24, 2.45) is 0 Å². The summed E-state index contributed by atoms with van der Waals surface area (Å²) < 4.78 is 19.0. The highest BCUT2D eigenvalue weighted by Crippen LogP contribution is 2.27. The largest absolute Gasteiger partial charge is 0.434 e. The highest BCUT2D eigenvalue weighted by molar-refractivity contribution is 6.30. The molecule has 6 heteroatoms. The second-order valence-corrected chi connectivity index (χ2v) is 4.23. The molecule has 0 unspecified atom stereocenters. The lowest BCUT2D eigenvalue weighted by Gasteiger charge is -2.08. The van der Waals surface area contributed by atoms with E-state index in [4.69, 9.17) is 16.3 Å². The van der Waals surface area contributed by atoms with Crippen molar-refractivity contribution >= 4 is 17.4 Å². The molecule has 0 saturated heterocycles. The first-order chi connectivity index (χ1) is 9.20. The number of benzene rings is 1. The summed E-state index contributed by atoms with van der Waals surface area (Å²) in [6, 6.07) is 4.54. The molecule has 0 spiro atoms. The van der Waals surface area contributed by atoms with Gasteiger partial charge in [-0.05, 0) is 18.6 Å². The summed E-state index contributed by atoms with van der Waals surface area (Å²) in [6.07, 6.45) is 3.96. The molecule has 100 valence electrons. The number of rotatable bonds is 5. The molecule has 0 saturated carbocycles. The molecule has 0 atom stereocenters. The summed E-state index contributed by atoms with van der Waals surface area (Å²) in [6.45, 7) is 2.83. The van der Waals surface area contributed by atoms with Gasteiger partial charge in [0, 0.05) is 6.54 Å². The van der Waals surface area contributed by atoms with E-state index >= 15 is 0 Å². The number of ether oxygens (including phenoxy) is 1. The molecular weight excluding hydrogens is 269 g/mol. The smallest absolute Gasteiger partial charge is 0.239 e. The van der Waals surface area contributed by atoms with E-state index in [-0.39, 0.29) is 16.7 Å². The van der Waals surface area contributed by atoms with Crippen LogP contribution in [-0.4, -0.2) is 16.5 Å². The molecule has 2 rings (SSSR count). The third-order valence-corrected chi connectivity index (χ3v) is 2.59. The van der Waals surface area contributed by atoms with E-state index in [1.807, 2.05) is 6.92 Å². The molecule has 1 N–H and O–H groups in total. The predicted molar refractivity (Wildman–Crippen MR) is 72.3 cm³/mol. The molecule has 0 fully saturated rings. The second-order valence-electron chi connectivity index (χ2n) is 3.82. The van der Waals surface area contributed by atoms with Gasteiger partial charge in [0.1, 0.15) is 5.82 Å². The van der Waals surface area contributed by atoms with Crippen molar-refractivity contribution in [2.45, 2.75) is 13.3 Å². The van der Waals surface area contributed by atoms with Gasteiger partial charge in [0.2, 0.25) is 5.88 Å². The quantitative estimate of drug-likeness (QED) is 0.903. The molecule has 2 aromatic rings. The maximum atomic E-state index is 13.7. The number of anilines is 1. The van der Waals surface area contributed by atoms with Crippen LogP contribution in [0.1, 0.15) is 13.3 Å². The van der Waals surface area contributed by atoms with Crippen LogP contribution < -0.4 is 10.1 Å². The number of nitrogens with one attached hydrogen (secondary N) is 1. The van der Waals surface area contributed by atoms with Crippen molar-refractivity contribution in [2.75, 3.05) is 11.9 Å². The van der Waals surface area contributed by atoms with Crippen LogP contribution in [0.15, 0.2) is 30.6 Å². The molecule has 0 aliphatic rings. The molecule has 0 radical (unpaired) electrons. The number of halogens is 2. The van der Waals surface area contributed by atoms with Crippen molar-refractivity contribution in [1.29, 1.82) is 0 Å². The average molecular weight is 282 g/mol. The van der Waals surface area contributed by atoms with Crippen LogP contribution in [0.2, 0.25) is 5.02 Å². The second kappa shape index (κ2) is 6.33. The molecule has 0 bridgehead atoms. The fraction of sp³-hybridized carbons (Fsp3) is 0.231. The van der Waals surface area contributed by atoms with Crippen LogP contribution in [0.5, 0.6) is 11.6 Å². The Morgan fingerprint density at radius 3 is 3.00 bits per heavy atom. The fourth-order valence-electron chi connectivity index (χ4n) is 1.41. The third kappa shape index (κ3) is 3.54. The van der Waals surface area contributed by atoms with Crippen LogP contribution in [0.4, 0.5) is 10.2 Å². The Kier molecular flexibility index (Phi) is 4.52. The van der Waals surface area contributed by atoms with Gasteiger partial charge in [0.25, 0.3) is 0 Å². The van der Waals surface area contributed by atoms with E-state index in [0.717, 1.165) is 13.0 Å². The molecule has 4 nitrogen and oxygen atoms in total. The minimum atomic E-state index is -0.613. The average Bonchev–Trinajstić information content (AvgIpc) is 2.42. The van der Waals surface area contributed by atoms with Gasteiger partial charge in [-0.25, -0.2) is 4.39 Å². The first kappa shape index (κ1) is 13.5. The minimum Gasteiger partial charge on any atom is -0.434 e. The number of hydrogen-bond acceptors (Lipinski definition) is 4. The van der Waals surface area contributed by atoms with Gasteiger partial charge < -0.3 is 10.1 Å². The molecule has 1 aromatic heterocycles. The van der Waals surface area contributed by atoms with Crippen molar-refractivity contribution in [3.63, 3.8) is 0 Å².